The van der Waals surface area contributed by atoms with Crippen LogP contribution in [-0.2, 0) is 11.2 Å². The topological polar surface area (TPSA) is 67.4 Å². The van der Waals surface area contributed by atoms with Crippen LogP contribution in [0.3, 0.4) is 0 Å². The third-order valence-electron chi connectivity index (χ3n) is 3.17. The number of thiophene rings is 1. The Labute approximate surface area is 125 Å². The summed E-state index contributed by atoms with van der Waals surface area (Å²) >= 11 is 1.44. The molecule has 2 N–H and O–H groups in total. The molecule has 1 aromatic heterocycles. The second-order valence-electron chi connectivity index (χ2n) is 4.66. The molecule has 21 heavy (non-hydrogen) atoms. The second-order valence-corrected chi connectivity index (χ2v) is 5.44. The summed E-state index contributed by atoms with van der Waals surface area (Å²) in [6, 6.07) is 7.27. The Hall–Kier alpha value is -2.34. The number of benzene rings is 1. The van der Waals surface area contributed by atoms with Crippen molar-refractivity contribution >= 4 is 28.8 Å². The maximum absolute atomic E-state index is 11.8. The van der Waals surface area contributed by atoms with Crippen LogP contribution in [0.25, 0.3) is 0 Å². The number of hydrogen-bond acceptors (Lipinski definition) is 4. The SMILES string of the molecule is O=C(CNC(=O)c1ccsc1)Nc1ccc2c(c1)CCO2. The van der Waals surface area contributed by atoms with Crippen LogP contribution in [0.5, 0.6) is 5.75 Å². The van der Waals surface area contributed by atoms with E-state index < -0.39 is 0 Å². The number of anilines is 1. The fourth-order valence-electron chi connectivity index (χ4n) is 2.13. The largest absolute Gasteiger partial charge is 0.493 e. The van der Waals surface area contributed by atoms with Crippen molar-refractivity contribution in [1.82, 2.24) is 5.32 Å². The highest BCUT2D eigenvalue weighted by Gasteiger charge is 2.13. The van der Waals surface area contributed by atoms with Gasteiger partial charge in [0.2, 0.25) is 5.91 Å². The van der Waals surface area contributed by atoms with Crippen molar-refractivity contribution in [3.05, 3.63) is 46.2 Å². The first-order valence-corrected chi connectivity index (χ1v) is 7.52. The van der Waals surface area contributed by atoms with E-state index in [-0.39, 0.29) is 18.4 Å². The van der Waals surface area contributed by atoms with E-state index in [9.17, 15) is 9.59 Å². The van der Waals surface area contributed by atoms with Gasteiger partial charge in [0.1, 0.15) is 5.75 Å². The Morgan fingerprint density at radius 1 is 1.29 bits per heavy atom. The molecule has 0 unspecified atom stereocenters. The summed E-state index contributed by atoms with van der Waals surface area (Å²) in [6.45, 7) is 0.631. The van der Waals surface area contributed by atoms with E-state index in [0.29, 0.717) is 17.9 Å². The van der Waals surface area contributed by atoms with Crippen LogP contribution in [0, 0.1) is 0 Å². The molecule has 6 heteroatoms. The van der Waals surface area contributed by atoms with E-state index in [1.807, 2.05) is 17.5 Å². The number of ether oxygens (including phenoxy) is 1. The third kappa shape index (κ3) is 3.22. The van der Waals surface area contributed by atoms with Crippen molar-refractivity contribution in [2.24, 2.45) is 0 Å². The van der Waals surface area contributed by atoms with Gasteiger partial charge >= 0.3 is 0 Å². The maximum atomic E-state index is 11.8. The van der Waals surface area contributed by atoms with Gasteiger partial charge in [-0.15, -0.1) is 0 Å². The predicted octanol–water partition coefficient (Wildman–Crippen LogP) is 2.05. The zero-order valence-electron chi connectivity index (χ0n) is 11.2. The molecule has 108 valence electrons. The van der Waals surface area contributed by atoms with Gasteiger partial charge in [0.15, 0.2) is 0 Å². The predicted molar refractivity (Wildman–Crippen MR) is 80.9 cm³/mol. The Morgan fingerprint density at radius 3 is 3.00 bits per heavy atom. The minimum Gasteiger partial charge on any atom is -0.493 e. The van der Waals surface area contributed by atoms with Crippen LogP contribution >= 0.6 is 11.3 Å². The molecule has 5 nitrogen and oxygen atoms in total. The summed E-state index contributed by atoms with van der Waals surface area (Å²) in [5, 5.41) is 8.92. The molecule has 0 atom stereocenters. The first kappa shape index (κ1) is 13.6. The number of carbonyl (C=O) groups is 2. The Bertz CT molecular complexity index is 668. The molecular weight excluding hydrogens is 288 g/mol. The highest BCUT2D eigenvalue weighted by atomic mass is 32.1. The molecule has 0 aliphatic carbocycles. The maximum Gasteiger partial charge on any atom is 0.252 e. The van der Waals surface area contributed by atoms with Crippen molar-refractivity contribution < 1.29 is 14.3 Å². The molecule has 1 aliphatic heterocycles. The van der Waals surface area contributed by atoms with E-state index in [1.54, 1.807) is 17.5 Å². The molecule has 1 aliphatic rings. The van der Waals surface area contributed by atoms with Crippen LogP contribution in [0.15, 0.2) is 35.0 Å². The summed E-state index contributed by atoms with van der Waals surface area (Å²) in [4.78, 5) is 23.5. The van der Waals surface area contributed by atoms with Crippen LogP contribution < -0.4 is 15.4 Å². The highest BCUT2D eigenvalue weighted by Crippen LogP contribution is 2.27. The lowest BCUT2D eigenvalue weighted by Gasteiger charge is -2.07. The Morgan fingerprint density at radius 2 is 2.19 bits per heavy atom. The van der Waals surface area contributed by atoms with Crippen molar-refractivity contribution in [1.29, 1.82) is 0 Å². The zero-order chi connectivity index (χ0) is 14.7. The van der Waals surface area contributed by atoms with Crippen molar-refractivity contribution in [3.63, 3.8) is 0 Å². The fourth-order valence-corrected chi connectivity index (χ4v) is 2.76. The fraction of sp³-hybridized carbons (Fsp3) is 0.200. The van der Waals surface area contributed by atoms with Gasteiger partial charge < -0.3 is 15.4 Å². The number of hydrogen-bond donors (Lipinski definition) is 2. The molecule has 0 saturated heterocycles. The van der Waals surface area contributed by atoms with Crippen LogP contribution in [0.1, 0.15) is 15.9 Å². The molecule has 0 fully saturated rings. The first-order valence-electron chi connectivity index (χ1n) is 6.58. The lowest BCUT2D eigenvalue weighted by molar-refractivity contribution is -0.115. The van der Waals surface area contributed by atoms with Crippen molar-refractivity contribution in [2.45, 2.75) is 6.42 Å². The van der Waals surface area contributed by atoms with Gasteiger partial charge in [-0.1, -0.05) is 0 Å². The smallest absolute Gasteiger partial charge is 0.252 e. The zero-order valence-corrected chi connectivity index (χ0v) is 12.0. The summed E-state index contributed by atoms with van der Waals surface area (Å²) in [5.74, 6) is 0.380. The third-order valence-corrected chi connectivity index (χ3v) is 3.85. The van der Waals surface area contributed by atoms with E-state index in [1.165, 1.54) is 11.3 Å². The van der Waals surface area contributed by atoms with Gasteiger partial charge in [-0.3, -0.25) is 9.59 Å². The van der Waals surface area contributed by atoms with Gasteiger partial charge in [-0.25, -0.2) is 0 Å². The van der Waals surface area contributed by atoms with Crippen molar-refractivity contribution in [2.75, 3.05) is 18.5 Å². The molecule has 0 saturated carbocycles. The second kappa shape index (κ2) is 5.97. The lowest BCUT2D eigenvalue weighted by Crippen LogP contribution is -2.32. The van der Waals surface area contributed by atoms with Gasteiger partial charge in [0.25, 0.3) is 5.91 Å². The van der Waals surface area contributed by atoms with Crippen molar-refractivity contribution in [3.8, 4) is 5.75 Å². The molecule has 2 heterocycles. The quantitative estimate of drug-likeness (QED) is 0.908. The standard InChI is InChI=1S/C15H14N2O3S/c18-14(8-16-15(19)11-4-6-21-9-11)17-12-1-2-13-10(7-12)3-5-20-13/h1-2,4,6-7,9H,3,5,8H2,(H,16,19)(H,17,18). The van der Waals surface area contributed by atoms with E-state index in [0.717, 1.165) is 17.7 Å². The number of fused-ring (bicyclic) bond motifs is 1. The summed E-state index contributed by atoms with van der Waals surface area (Å²) in [5.41, 5.74) is 2.38. The van der Waals surface area contributed by atoms with E-state index in [4.69, 9.17) is 4.74 Å². The van der Waals surface area contributed by atoms with Gasteiger partial charge in [0, 0.05) is 23.1 Å². The first-order chi connectivity index (χ1) is 10.2. The molecule has 0 spiro atoms. The average molecular weight is 302 g/mol. The monoisotopic (exact) mass is 302 g/mol. The normalized spacial score (nSPS) is 12.4. The number of nitrogens with one attached hydrogen (secondary N) is 2. The van der Waals surface area contributed by atoms with Crippen LogP contribution in [0.2, 0.25) is 0 Å². The number of carbonyl (C=O) groups excluding carboxylic acids is 2. The average Bonchev–Trinajstić information content (AvgIpc) is 3.15. The lowest BCUT2D eigenvalue weighted by atomic mass is 10.1. The molecular formula is C15H14N2O3S. The van der Waals surface area contributed by atoms with Gasteiger partial charge in [0.05, 0.1) is 13.2 Å². The summed E-state index contributed by atoms with van der Waals surface area (Å²) in [6.07, 6.45) is 0.855. The van der Waals surface area contributed by atoms with Crippen LogP contribution in [0.4, 0.5) is 5.69 Å². The van der Waals surface area contributed by atoms with Gasteiger partial charge in [-0.05, 0) is 35.2 Å². The number of rotatable bonds is 4. The molecule has 1 aromatic carbocycles. The summed E-state index contributed by atoms with van der Waals surface area (Å²) in [7, 11) is 0. The molecule has 3 rings (SSSR count). The number of amides is 2. The Kier molecular flexibility index (Phi) is 3.87. The van der Waals surface area contributed by atoms with Crippen LogP contribution in [-0.4, -0.2) is 25.0 Å². The van der Waals surface area contributed by atoms with E-state index in [2.05, 4.69) is 10.6 Å². The van der Waals surface area contributed by atoms with E-state index >= 15 is 0 Å². The minimum atomic E-state index is -0.252. The molecule has 0 radical (unpaired) electrons. The highest BCUT2D eigenvalue weighted by molar-refractivity contribution is 7.08. The minimum absolute atomic E-state index is 0.0533. The molecule has 2 aromatic rings. The molecule has 0 bridgehead atoms. The Balaban J connectivity index is 1.53. The molecule has 2 amide bonds. The van der Waals surface area contributed by atoms with Gasteiger partial charge in [-0.2, -0.15) is 11.3 Å². The summed E-state index contributed by atoms with van der Waals surface area (Å²) < 4.78 is 5.41.